The number of nitrogens with zero attached hydrogens (tertiary/aromatic N) is 2. The van der Waals surface area contributed by atoms with E-state index in [4.69, 9.17) is 23.2 Å². The first-order valence-corrected chi connectivity index (χ1v) is 13.7. The van der Waals surface area contributed by atoms with Crippen molar-refractivity contribution in [1.29, 1.82) is 0 Å². The smallest absolute Gasteiger partial charge is 0.271 e. The zero-order valence-electron chi connectivity index (χ0n) is 19.2. The zero-order valence-corrected chi connectivity index (χ0v) is 23.7. The molecule has 5 rings (SSSR count). The van der Waals surface area contributed by atoms with Gasteiger partial charge in [0.2, 0.25) is 0 Å². The number of aromatic hydroxyl groups is 1. The van der Waals surface area contributed by atoms with Crippen molar-refractivity contribution in [2.45, 2.75) is 13.0 Å². The molecule has 2 heterocycles. The second-order valence-corrected chi connectivity index (χ2v) is 11.3. The Morgan fingerprint density at radius 2 is 1.81 bits per heavy atom. The van der Waals surface area contributed by atoms with Crippen LogP contribution in [0.2, 0.25) is 10.0 Å². The lowest BCUT2D eigenvalue weighted by atomic mass is 9.95. The van der Waals surface area contributed by atoms with Crippen molar-refractivity contribution in [3.05, 3.63) is 122 Å². The molecule has 3 aromatic carbocycles. The molecule has 4 aromatic rings. The van der Waals surface area contributed by atoms with E-state index in [-0.39, 0.29) is 17.2 Å². The summed E-state index contributed by atoms with van der Waals surface area (Å²) in [4.78, 5) is 32.4. The Kier molecular flexibility index (Phi) is 7.26. The predicted molar refractivity (Wildman–Crippen MR) is 156 cm³/mol. The summed E-state index contributed by atoms with van der Waals surface area (Å²) in [5, 5.41) is 14.4. The van der Waals surface area contributed by atoms with Crippen molar-refractivity contribution in [3.63, 3.8) is 0 Å². The van der Waals surface area contributed by atoms with Crippen molar-refractivity contribution in [3.8, 4) is 5.75 Å². The standard InChI is InChI=1S/C27H18Cl2IN3O3S/c1-14-22(25(35)32-19-5-3-2-4-6-19)23(15-7-9-17(28)10-8-15)33-26(36)21(37-27(33)31-14)12-16-11-18(29)13-20(30)24(16)34/h2-13,23,34H,1H3,(H,32,35)/b21-12-/t23-/m1/s1. The van der Waals surface area contributed by atoms with Crippen molar-refractivity contribution in [2.24, 2.45) is 4.99 Å². The number of allylic oxidation sites excluding steroid dienone is 1. The van der Waals surface area contributed by atoms with Crippen LogP contribution in [0.4, 0.5) is 5.69 Å². The van der Waals surface area contributed by atoms with E-state index in [1.165, 1.54) is 15.9 Å². The highest BCUT2D eigenvalue weighted by molar-refractivity contribution is 14.1. The number of hydrogen-bond donors (Lipinski definition) is 2. The third-order valence-corrected chi connectivity index (χ3v) is 8.10. The van der Waals surface area contributed by atoms with Crippen molar-refractivity contribution >= 4 is 74.8 Å². The van der Waals surface area contributed by atoms with Gasteiger partial charge in [0.1, 0.15) is 5.75 Å². The van der Waals surface area contributed by atoms with Crippen molar-refractivity contribution in [2.75, 3.05) is 5.32 Å². The Labute approximate surface area is 239 Å². The summed E-state index contributed by atoms with van der Waals surface area (Å²) in [5.41, 5.74) is 2.28. The van der Waals surface area contributed by atoms with Crippen molar-refractivity contribution < 1.29 is 9.90 Å². The molecule has 0 unspecified atom stereocenters. The molecule has 1 atom stereocenters. The molecule has 0 aliphatic carbocycles. The van der Waals surface area contributed by atoms with E-state index in [0.717, 1.165) is 0 Å². The first-order valence-electron chi connectivity index (χ1n) is 11.1. The number of halogens is 3. The molecule has 0 bridgehead atoms. The topological polar surface area (TPSA) is 83.7 Å². The molecule has 1 amide bonds. The number of carbonyl (C=O) groups excluding carboxylic acids is 1. The van der Waals surface area contributed by atoms with Crippen LogP contribution in [0, 0.1) is 3.57 Å². The molecule has 10 heteroatoms. The normalized spacial score (nSPS) is 15.4. The van der Waals surface area contributed by atoms with Gasteiger partial charge in [0, 0.05) is 21.3 Å². The summed E-state index contributed by atoms with van der Waals surface area (Å²) in [7, 11) is 0. The Hall–Kier alpha value is -2.92. The largest absolute Gasteiger partial charge is 0.506 e. The maximum atomic E-state index is 13.8. The summed E-state index contributed by atoms with van der Waals surface area (Å²) in [6.45, 7) is 1.76. The van der Waals surface area contributed by atoms with Gasteiger partial charge < -0.3 is 10.4 Å². The number of hydrogen-bond acceptors (Lipinski definition) is 5. The number of anilines is 1. The number of phenolic OH excluding ortho intramolecular Hbond substituents is 1. The second-order valence-electron chi connectivity index (χ2n) is 8.28. The van der Waals surface area contributed by atoms with Gasteiger partial charge in [0.05, 0.1) is 25.4 Å². The maximum absolute atomic E-state index is 13.8. The Morgan fingerprint density at radius 1 is 1.11 bits per heavy atom. The number of benzene rings is 3. The number of phenols is 1. The number of nitrogens with one attached hydrogen (secondary N) is 1. The van der Waals surface area contributed by atoms with Gasteiger partial charge >= 0.3 is 0 Å². The monoisotopic (exact) mass is 661 g/mol. The predicted octanol–water partition coefficient (Wildman–Crippen LogP) is 5.49. The number of carbonyl (C=O) groups is 1. The van der Waals surface area contributed by atoms with Gasteiger partial charge in [-0.1, -0.05) is 64.9 Å². The highest BCUT2D eigenvalue weighted by Gasteiger charge is 2.32. The minimum atomic E-state index is -0.729. The summed E-state index contributed by atoms with van der Waals surface area (Å²) in [5.74, 6) is -0.326. The minimum absolute atomic E-state index is 0.0317. The number of aromatic nitrogens is 1. The fourth-order valence-electron chi connectivity index (χ4n) is 4.13. The van der Waals surface area contributed by atoms with Crippen LogP contribution in [0.25, 0.3) is 6.08 Å². The highest BCUT2D eigenvalue weighted by atomic mass is 127. The summed E-state index contributed by atoms with van der Waals surface area (Å²) in [6.07, 6.45) is 1.59. The molecule has 1 aliphatic rings. The van der Waals surface area contributed by atoms with Crippen LogP contribution in [-0.4, -0.2) is 15.6 Å². The van der Waals surface area contributed by atoms with Gasteiger partial charge in [-0.3, -0.25) is 14.2 Å². The number of thiazole rings is 1. The van der Waals surface area contributed by atoms with Crippen LogP contribution >= 0.6 is 57.1 Å². The van der Waals surface area contributed by atoms with E-state index < -0.39 is 6.04 Å². The third-order valence-electron chi connectivity index (χ3n) is 5.83. The van der Waals surface area contributed by atoms with Crippen LogP contribution in [0.1, 0.15) is 24.1 Å². The Morgan fingerprint density at radius 3 is 2.51 bits per heavy atom. The van der Waals surface area contributed by atoms with Gasteiger partial charge in [-0.25, -0.2) is 4.99 Å². The highest BCUT2D eigenvalue weighted by Crippen LogP contribution is 2.32. The second kappa shape index (κ2) is 10.4. The van der Waals surface area contributed by atoms with Gasteiger partial charge in [0.25, 0.3) is 11.5 Å². The zero-order chi connectivity index (χ0) is 26.3. The first kappa shape index (κ1) is 25.7. The molecule has 37 heavy (non-hydrogen) atoms. The molecule has 1 aliphatic heterocycles. The lowest BCUT2D eigenvalue weighted by Gasteiger charge is -2.25. The van der Waals surface area contributed by atoms with E-state index in [1.807, 2.05) is 40.8 Å². The first-order chi connectivity index (χ1) is 17.7. The Balaban J connectivity index is 1.70. The molecule has 0 radical (unpaired) electrons. The molecular formula is C27H18Cl2IN3O3S. The van der Waals surface area contributed by atoms with E-state index in [9.17, 15) is 14.7 Å². The molecule has 0 spiro atoms. The van der Waals surface area contributed by atoms with Gasteiger partial charge in [-0.15, -0.1) is 0 Å². The fourth-order valence-corrected chi connectivity index (χ4v) is 6.35. The average molecular weight is 662 g/mol. The molecular weight excluding hydrogens is 644 g/mol. The number of amides is 1. The van der Waals surface area contributed by atoms with Gasteiger partial charge in [-0.2, -0.15) is 0 Å². The summed E-state index contributed by atoms with van der Waals surface area (Å²) < 4.78 is 2.43. The van der Waals surface area contributed by atoms with Crippen molar-refractivity contribution in [1.82, 2.24) is 4.57 Å². The van der Waals surface area contributed by atoms with Gasteiger partial charge in [-0.05, 0) is 77.6 Å². The molecule has 186 valence electrons. The number of rotatable bonds is 4. The van der Waals surface area contributed by atoms with Crippen LogP contribution in [-0.2, 0) is 4.79 Å². The maximum Gasteiger partial charge on any atom is 0.271 e. The van der Waals surface area contributed by atoms with Crippen LogP contribution in [0.5, 0.6) is 5.75 Å². The quantitative estimate of drug-likeness (QED) is 0.284. The van der Waals surface area contributed by atoms with Crippen LogP contribution in [0.3, 0.4) is 0 Å². The molecule has 0 saturated heterocycles. The fraction of sp³-hybridized carbons (Fsp3) is 0.0741. The SMILES string of the molecule is CC1=C(C(=O)Nc2ccccc2)[C@@H](c2ccc(Cl)cc2)n2c(s/c(=C\c3cc(Cl)cc(I)c3O)c2=O)=N1. The Bertz CT molecular complexity index is 1750. The molecule has 0 fully saturated rings. The molecule has 2 N–H and O–H groups in total. The lowest BCUT2D eigenvalue weighted by molar-refractivity contribution is -0.113. The summed E-state index contributed by atoms with van der Waals surface area (Å²) in [6, 6.07) is 18.6. The third kappa shape index (κ3) is 5.11. The number of fused-ring (bicyclic) bond motifs is 1. The van der Waals surface area contributed by atoms with E-state index in [0.29, 0.717) is 51.0 Å². The molecule has 0 saturated carbocycles. The van der Waals surface area contributed by atoms with Crippen LogP contribution < -0.4 is 20.2 Å². The average Bonchev–Trinajstić information content (AvgIpc) is 3.16. The lowest BCUT2D eigenvalue weighted by Crippen LogP contribution is -2.40. The van der Waals surface area contributed by atoms with E-state index >= 15 is 0 Å². The molecule has 1 aromatic heterocycles. The van der Waals surface area contributed by atoms with E-state index in [2.05, 4.69) is 10.3 Å². The minimum Gasteiger partial charge on any atom is -0.506 e. The van der Waals surface area contributed by atoms with Crippen LogP contribution in [0.15, 0.2) is 87.8 Å². The van der Waals surface area contributed by atoms with E-state index in [1.54, 1.807) is 61.5 Å². The summed E-state index contributed by atoms with van der Waals surface area (Å²) >= 11 is 15.5. The number of para-hydroxylation sites is 1. The molecule has 6 nitrogen and oxygen atoms in total. The van der Waals surface area contributed by atoms with Gasteiger partial charge in [0.15, 0.2) is 4.80 Å².